The zero-order chi connectivity index (χ0) is 13.1. The molecular weight excluding hydrogens is 304 g/mol. The van der Waals surface area contributed by atoms with Crippen LogP contribution in [0.5, 0.6) is 0 Å². The maximum Gasteiger partial charge on any atom is 0.169 e. The van der Waals surface area contributed by atoms with Crippen LogP contribution in [0.25, 0.3) is 0 Å². The maximum absolute atomic E-state index is 13.6. The Kier molecular flexibility index (Phi) is 4.14. The summed E-state index contributed by atoms with van der Waals surface area (Å²) in [6.07, 6.45) is 0.391. The van der Waals surface area contributed by atoms with Crippen molar-refractivity contribution in [3.05, 3.63) is 58.0 Å². The summed E-state index contributed by atoms with van der Waals surface area (Å²) in [7, 11) is 1.77. The molecule has 96 valence electrons. The standard InChI is InChI=1S/C13H12BrF2NO/c1-17-11(12-4-5-13(14)18-12)6-8-2-3-9(15)7-10(8)16/h2-5,7,11,17H,6H2,1H3. The van der Waals surface area contributed by atoms with Crippen molar-refractivity contribution in [2.45, 2.75) is 12.5 Å². The highest BCUT2D eigenvalue weighted by Crippen LogP contribution is 2.24. The van der Waals surface area contributed by atoms with Crippen molar-refractivity contribution >= 4 is 15.9 Å². The van der Waals surface area contributed by atoms with Gasteiger partial charge in [0.25, 0.3) is 0 Å². The van der Waals surface area contributed by atoms with E-state index >= 15 is 0 Å². The molecule has 2 nitrogen and oxygen atoms in total. The molecule has 1 unspecified atom stereocenters. The fourth-order valence-electron chi connectivity index (χ4n) is 1.77. The molecule has 2 aromatic rings. The van der Waals surface area contributed by atoms with E-state index in [-0.39, 0.29) is 6.04 Å². The van der Waals surface area contributed by atoms with Gasteiger partial charge in [-0.15, -0.1) is 0 Å². The van der Waals surface area contributed by atoms with Gasteiger partial charge in [0.05, 0.1) is 6.04 Å². The average Bonchev–Trinajstić information content (AvgIpc) is 2.75. The molecule has 1 N–H and O–H groups in total. The predicted molar refractivity (Wildman–Crippen MR) is 68.3 cm³/mol. The maximum atomic E-state index is 13.6. The van der Waals surface area contributed by atoms with Gasteiger partial charge in [-0.2, -0.15) is 0 Å². The number of hydrogen-bond donors (Lipinski definition) is 1. The van der Waals surface area contributed by atoms with Crippen molar-refractivity contribution in [3.8, 4) is 0 Å². The quantitative estimate of drug-likeness (QED) is 0.927. The Labute approximate surface area is 112 Å². The number of rotatable bonds is 4. The number of likely N-dealkylation sites (N-methyl/N-ethyl adjacent to an activating group) is 1. The monoisotopic (exact) mass is 315 g/mol. The summed E-state index contributed by atoms with van der Waals surface area (Å²) in [5.74, 6) is -0.410. The molecule has 5 heteroatoms. The van der Waals surface area contributed by atoms with Crippen LogP contribution in [0.3, 0.4) is 0 Å². The smallest absolute Gasteiger partial charge is 0.169 e. The highest BCUT2D eigenvalue weighted by Gasteiger charge is 2.16. The molecular formula is C13H12BrF2NO. The van der Waals surface area contributed by atoms with Crippen LogP contribution in [0, 0.1) is 11.6 Å². The van der Waals surface area contributed by atoms with E-state index in [9.17, 15) is 8.78 Å². The third kappa shape index (κ3) is 2.97. The van der Waals surface area contributed by atoms with E-state index in [4.69, 9.17) is 4.42 Å². The largest absolute Gasteiger partial charge is 0.453 e. The van der Waals surface area contributed by atoms with Crippen LogP contribution < -0.4 is 5.32 Å². The Bertz CT molecular complexity index is 542. The lowest BCUT2D eigenvalue weighted by Crippen LogP contribution is -2.18. The minimum Gasteiger partial charge on any atom is -0.453 e. The van der Waals surface area contributed by atoms with Gasteiger partial charge in [0.15, 0.2) is 4.67 Å². The van der Waals surface area contributed by atoms with Gasteiger partial charge < -0.3 is 9.73 Å². The molecule has 1 heterocycles. The van der Waals surface area contributed by atoms with Crippen molar-refractivity contribution in [2.24, 2.45) is 0 Å². The molecule has 0 aliphatic carbocycles. The molecule has 0 aliphatic heterocycles. The molecule has 0 saturated carbocycles. The Balaban J connectivity index is 2.20. The van der Waals surface area contributed by atoms with Gasteiger partial charge in [0.1, 0.15) is 17.4 Å². The van der Waals surface area contributed by atoms with Crippen molar-refractivity contribution in [1.29, 1.82) is 0 Å². The SMILES string of the molecule is CNC(Cc1ccc(F)cc1F)c1ccc(Br)o1. The van der Waals surface area contributed by atoms with Crippen LogP contribution in [-0.4, -0.2) is 7.05 Å². The van der Waals surface area contributed by atoms with E-state index in [1.807, 2.05) is 6.07 Å². The van der Waals surface area contributed by atoms with E-state index in [1.54, 1.807) is 13.1 Å². The molecule has 1 atom stereocenters. The Hall–Kier alpha value is -1.20. The molecule has 0 fully saturated rings. The van der Waals surface area contributed by atoms with Gasteiger partial charge in [0, 0.05) is 6.07 Å². The summed E-state index contributed by atoms with van der Waals surface area (Å²) in [6.45, 7) is 0. The van der Waals surface area contributed by atoms with Crippen LogP contribution in [0.15, 0.2) is 39.4 Å². The van der Waals surface area contributed by atoms with E-state index in [0.29, 0.717) is 22.4 Å². The van der Waals surface area contributed by atoms with Crippen molar-refractivity contribution in [3.63, 3.8) is 0 Å². The summed E-state index contributed by atoms with van der Waals surface area (Å²) in [5, 5.41) is 3.05. The first-order valence-electron chi connectivity index (χ1n) is 5.46. The van der Waals surface area contributed by atoms with Crippen LogP contribution in [0.1, 0.15) is 17.4 Å². The molecule has 0 aliphatic rings. The van der Waals surface area contributed by atoms with Gasteiger partial charge in [-0.25, -0.2) is 8.78 Å². The van der Waals surface area contributed by atoms with Crippen molar-refractivity contribution in [2.75, 3.05) is 7.05 Å². The summed E-state index contributed by atoms with van der Waals surface area (Å²) in [6, 6.07) is 7.03. The van der Waals surface area contributed by atoms with Crippen LogP contribution in [-0.2, 0) is 6.42 Å². The summed E-state index contributed by atoms with van der Waals surface area (Å²) >= 11 is 3.22. The van der Waals surface area contributed by atoms with Crippen LogP contribution >= 0.6 is 15.9 Å². The van der Waals surface area contributed by atoms with Crippen molar-refractivity contribution < 1.29 is 13.2 Å². The summed E-state index contributed by atoms with van der Waals surface area (Å²) < 4.78 is 32.4. The van der Waals surface area contributed by atoms with Gasteiger partial charge in [-0.05, 0) is 53.2 Å². The zero-order valence-electron chi connectivity index (χ0n) is 9.71. The normalized spacial score (nSPS) is 12.7. The number of halogens is 3. The van der Waals surface area contributed by atoms with Crippen LogP contribution in [0.2, 0.25) is 0 Å². The lowest BCUT2D eigenvalue weighted by molar-refractivity contribution is 0.413. The topological polar surface area (TPSA) is 25.2 Å². The fraction of sp³-hybridized carbons (Fsp3) is 0.231. The second-order valence-corrected chi connectivity index (χ2v) is 4.70. The molecule has 0 bridgehead atoms. The highest BCUT2D eigenvalue weighted by molar-refractivity contribution is 9.10. The lowest BCUT2D eigenvalue weighted by atomic mass is 10.0. The molecule has 0 radical (unpaired) electrons. The van der Waals surface area contributed by atoms with Gasteiger partial charge >= 0.3 is 0 Å². The highest BCUT2D eigenvalue weighted by atomic mass is 79.9. The molecule has 1 aromatic carbocycles. The zero-order valence-corrected chi connectivity index (χ0v) is 11.3. The van der Waals surface area contributed by atoms with E-state index in [2.05, 4.69) is 21.2 Å². The fourth-order valence-corrected chi connectivity index (χ4v) is 2.09. The Morgan fingerprint density at radius 1 is 1.28 bits per heavy atom. The number of nitrogens with one attached hydrogen (secondary N) is 1. The molecule has 0 spiro atoms. The van der Waals surface area contributed by atoms with Crippen molar-refractivity contribution in [1.82, 2.24) is 5.32 Å². The van der Waals surface area contributed by atoms with Gasteiger partial charge in [0.2, 0.25) is 0 Å². The number of hydrogen-bond acceptors (Lipinski definition) is 2. The Morgan fingerprint density at radius 2 is 2.06 bits per heavy atom. The van der Waals surface area contributed by atoms with Crippen LogP contribution in [0.4, 0.5) is 8.78 Å². The average molecular weight is 316 g/mol. The Morgan fingerprint density at radius 3 is 2.61 bits per heavy atom. The first-order chi connectivity index (χ1) is 8.60. The number of benzene rings is 1. The summed E-state index contributed by atoms with van der Waals surface area (Å²) in [5.41, 5.74) is 0.447. The predicted octanol–water partition coefficient (Wildman–Crippen LogP) is 3.82. The van der Waals surface area contributed by atoms with E-state index in [1.165, 1.54) is 12.1 Å². The molecule has 0 amide bonds. The first kappa shape index (κ1) is 13.2. The third-order valence-electron chi connectivity index (χ3n) is 2.73. The minimum atomic E-state index is -0.571. The molecule has 18 heavy (non-hydrogen) atoms. The first-order valence-corrected chi connectivity index (χ1v) is 6.26. The number of furan rings is 1. The second-order valence-electron chi connectivity index (χ2n) is 3.92. The second kappa shape index (κ2) is 5.63. The lowest BCUT2D eigenvalue weighted by Gasteiger charge is -2.14. The van der Waals surface area contributed by atoms with E-state index < -0.39 is 11.6 Å². The summed E-state index contributed by atoms with van der Waals surface area (Å²) in [4.78, 5) is 0. The molecule has 0 saturated heterocycles. The minimum absolute atomic E-state index is 0.156. The van der Waals surface area contributed by atoms with Gasteiger partial charge in [-0.1, -0.05) is 6.07 Å². The molecule has 1 aromatic heterocycles. The third-order valence-corrected chi connectivity index (χ3v) is 3.15. The van der Waals surface area contributed by atoms with E-state index in [0.717, 1.165) is 6.07 Å². The van der Waals surface area contributed by atoms with Gasteiger partial charge in [-0.3, -0.25) is 0 Å². The molecule has 2 rings (SSSR count).